The number of hydrogen-bond donors (Lipinski definition) is 1. The summed E-state index contributed by atoms with van der Waals surface area (Å²) in [6.07, 6.45) is 5.69. The first kappa shape index (κ1) is 44.7. The fourth-order valence-electron chi connectivity index (χ4n) is 7.19. The maximum atomic E-state index is 12.2. The fraction of sp³-hybridized carbons (Fsp3) is 0.440. The molecule has 0 aliphatic heterocycles. The molecule has 3 aromatic carbocycles. The van der Waals surface area contributed by atoms with E-state index in [1.165, 1.54) is 22.6 Å². The van der Waals surface area contributed by atoms with E-state index in [-0.39, 0.29) is 47.9 Å². The Labute approximate surface area is 348 Å². The normalized spacial score (nSPS) is 12.6. The van der Waals surface area contributed by atoms with Gasteiger partial charge in [-0.15, -0.1) is 29.1 Å². The minimum absolute atomic E-state index is 0. The molecule has 3 heterocycles. The number of aliphatic hydroxyl groups is 1. The number of aryl methyl sites for hydroxylation is 2. The molecule has 6 heteroatoms. The van der Waals surface area contributed by atoms with Crippen molar-refractivity contribution < 1.29 is 38.8 Å². The molecule has 1 N–H and O–H groups in total. The van der Waals surface area contributed by atoms with Crippen molar-refractivity contribution in [1.29, 1.82) is 0 Å². The van der Waals surface area contributed by atoms with Crippen molar-refractivity contribution in [2.75, 3.05) is 0 Å². The molecule has 0 aliphatic rings. The van der Waals surface area contributed by atoms with Gasteiger partial charge in [0.2, 0.25) is 5.71 Å². The van der Waals surface area contributed by atoms with Crippen LogP contribution in [-0.4, -0.2) is 15.9 Å². The zero-order valence-electron chi connectivity index (χ0n) is 35.9. The second-order valence-corrected chi connectivity index (χ2v) is 17.4. The topological polar surface area (TPSA) is 76.5 Å². The van der Waals surface area contributed by atoms with E-state index in [2.05, 4.69) is 108 Å². The van der Waals surface area contributed by atoms with Crippen molar-refractivity contribution in [3.05, 3.63) is 101 Å². The molecule has 56 heavy (non-hydrogen) atoms. The monoisotopic (exact) mass is 933 g/mol. The van der Waals surface area contributed by atoms with E-state index in [4.69, 9.17) is 13.8 Å². The van der Waals surface area contributed by atoms with Gasteiger partial charge in [-0.25, -0.2) is 0 Å². The van der Waals surface area contributed by atoms with Gasteiger partial charge in [-0.05, 0) is 85.8 Å². The quantitative estimate of drug-likeness (QED) is 0.0796. The first-order chi connectivity index (χ1) is 25.9. The van der Waals surface area contributed by atoms with E-state index in [0.717, 1.165) is 87.8 Å². The summed E-state index contributed by atoms with van der Waals surface area (Å²) in [5.41, 5.74) is 7.55. The molecule has 1 radical (unpaired) electrons. The van der Waals surface area contributed by atoms with Gasteiger partial charge in [0.25, 0.3) is 0 Å². The Morgan fingerprint density at radius 2 is 1.46 bits per heavy atom. The Morgan fingerprint density at radius 1 is 0.821 bits per heavy atom. The number of hydrogen-bond acceptors (Lipinski definition) is 5. The molecule has 0 saturated heterocycles. The zero-order chi connectivity index (χ0) is 40.5. The molecule has 6 aromatic rings. The minimum atomic E-state index is -0.337. The van der Waals surface area contributed by atoms with Crippen molar-refractivity contribution in [3.8, 4) is 22.4 Å². The zero-order valence-corrected chi connectivity index (χ0v) is 38.3. The number of benzene rings is 3. The molecule has 0 aliphatic carbocycles. The summed E-state index contributed by atoms with van der Waals surface area (Å²) in [5.74, 6) is 2.76. The number of aromatic nitrogens is 1. The molecular formula is C50H62IrNO4-. The third-order valence-corrected chi connectivity index (χ3v) is 12.0. The van der Waals surface area contributed by atoms with E-state index in [1.807, 2.05) is 48.5 Å². The van der Waals surface area contributed by atoms with Gasteiger partial charge >= 0.3 is 0 Å². The predicted octanol–water partition coefficient (Wildman–Crippen LogP) is 14.6. The number of ketones is 1. The summed E-state index contributed by atoms with van der Waals surface area (Å²) >= 11 is 0. The number of pyridine rings is 1. The number of furan rings is 2. The Balaban J connectivity index is 0.000000330. The average Bonchev–Trinajstić information content (AvgIpc) is 3.69. The van der Waals surface area contributed by atoms with Crippen molar-refractivity contribution in [2.45, 2.75) is 128 Å². The van der Waals surface area contributed by atoms with Crippen LogP contribution in [0, 0.1) is 36.7 Å². The Bertz CT molecular complexity index is 2340. The van der Waals surface area contributed by atoms with E-state index in [9.17, 15) is 9.90 Å². The Hall–Kier alpha value is -3.99. The number of aliphatic hydroxyl groups excluding tert-OH is 1. The van der Waals surface area contributed by atoms with Crippen molar-refractivity contribution in [2.24, 2.45) is 16.7 Å². The van der Waals surface area contributed by atoms with Crippen LogP contribution in [0.25, 0.3) is 55.2 Å². The Kier molecular flexibility index (Phi) is 14.1. The van der Waals surface area contributed by atoms with Gasteiger partial charge in [-0.1, -0.05) is 117 Å². The predicted molar refractivity (Wildman–Crippen MR) is 231 cm³/mol. The van der Waals surface area contributed by atoms with Crippen LogP contribution >= 0.6 is 0 Å². The minimum Gasteiger partial charge on any atom is -0.512 e. The smallest absolute Gasteiger partial charge is 0.219 e. The molecule has 0 unspecified atom stereocenters. The summed E-state index contributed by atoms with van der Waals surface area (Å²) in [7, 11) is 0. The van der Waals surface area contributed by atoms with E-state index >= 15 is 0 Å². The van der Waals surface area contributed by atoms with Crippen LogP contribution in [0.5, 0.6) is 0 Å². The standard InChI is InChI=1S/C35H34NO2.C15H28O2.Ir/c1-20(2)14-33-22(4)27-17-24(12-13-32(27)38-33)28-19-31(36-34-29(28)15-21(3)37-34)25-16-23-10-8-9-11-26(23)30(18-25)35(5,6)7;1-7-14(5,8-2)12(16)11-13(17)15(6,9-3)10-4;/h8-13,15,17-20H,14H2,1-7H3;11,16H,7-10H2,1-6H3;/q-1;;/b;12-11-;. The molecule has 5 nitrogen and oxygen atoms in total. The maximum absolute atomic E-state index is 12.2. The number of rotatable bonds is 11. The van der Waals surface area contributed by atoms with Gasteiger partial charge in [-0.3, -0.25) is 9.78 Å². The van der Waals surface area contributed by atoms with Crippen LogP contribution in [0.2, 0.25) is 0 Å². The molecule has 0 saturated carbocycles. The molecule has 0 atom stereocenters. The molecule has 0 fully saturated rings. The number of allylic oxidation sites excluding steroid dienone is 2. The third-order valence-electron chi connectivity index (χ3n) is 12.0. The van der Waals surface area contributed by atoms with Gasteiger partial charge in [0.1, 0.15) is 22.9 Å². The van der Waals surface area contributed by atoms with E-state index < -0.39 is 0 Å². The van der Waals surface area contributed by atoms with Crippen molar-refractivity contribution in [1.82, 2.24) is 4.98 Å². The van der Waals surface area contributed by atoms with Gasteiger partial charge < -0.3 is 13.9 Å². The number of fused-ring (bicyclic) bond motifs is 3. The van der Waals surface area contributed by atoms with Crippen LogP contribution in [0.1, 0.15) is 124 Å². The second kappa shape index (κ2) is 17.7. The summed E-state index contributed by atoms with van der Waals surface area (Å²) in [5, 5.41) is 14.6. The van der Waals surface area contributed by atoms with Crippen LogP contribution < -0.4 is 0 Å². The summed E-state index contributed by atoms with van der Waals surface area (Å²) < 4.78 is 12.3. The molecule has 6 rings (SSSR count). The van der Waals surface area contributed by atoms with Crippen molar-refractivity contribution in [3.63, 3.8) is 0 Å². The third kappa shape index (κ3) is 9.24. The maximum Gasteiger partial charge on any atom is 0.219 e. The first-order valence-corrected chi connectivity index (χ1v) is 20.2. The summed E-state index contributed by atoms with van der Waals surface area (Å²) in [6, 6.07) is 25.2. The van der Waals surface area contributed by atoms with Crippen LogP contribution in [0.4, 0.5) is 0 Å². The summed E-state index contributed by atoms with van der Waals surface area (Å²) in [6.45, 7) is 27.4. The fourth-order valence-corrected chi connectivity index (χ4v) is 7.19. The molecule has 301 valence electrons. The van der Waals surface area contributed by atoms with Crippen molar-refractivity contribution >= 4 is 38.6 Å². The molecule has 0 bridgehead atoms. The molecule has 3 aromatic heterocycles. The average molecular weight is 933 g/mol. The van der Waals surface area contributed by atoms with E-state index in [0.29, 0.717) is 11.6 Å². The molecular weight excluding hydrogens is 871 g/mol. The van der Waals surface area contributed by atoms with Crippen LogP contribution in [0.3, 0.4) is 0 Å². The van der Waals surface area contributed by atoms with Gasteiger partial charge in [0.15, 0.2) is 5.78 Å². The number of carbonyl (C=O) groups excluding carboxylic acids is 1. The largest absolute Gasteiger partial charge is 0.512 e. The van der Waals surface area contributed by atoms with Crippen LogP contribution in [0.15, 0.2) is 81.3 Å². The van der Waals surface area contributed by atoms with Crippen LogP contribution in [-0.2, 0) is 36.7 Å². The van der Waals surface area contributed by atoms with E-state index in [1.54, 1.807) is 0 Å². The SMILES string of the molecule is CCC(C)(CC)C(=O)/C=C(\O)C(C)(CC)CC.Cc1cc2c(-c3ccc4oc(CC(C)C)c(C)c4c3)cc(-c3[c-]c4ccccc4c(C(C)(C)C)c3)nc2o1.[Ir]. The molecule has 0 amide bonds. The van der Waals surface area contributed by atoms with Gasteiger partial charge in [-0.2, -0.15) is 0 Å². The second-order valence-electron chi connectivity index (χ2n) is 17.4. The Morgan fingerprint density at radius 3 is 2.07 bits per heavy atom. The number of nitrogens with zero attached hydrogens (tertiary/aromatic N) is 1. The van der Waals surface area contributed by atoms with Gasteiger partial charge in [0, 0.05) is 59.9 Å². The number of carbonyl (C=O) groups is 1. The molecule has 0 spiro atoms. The first-order valence-electron chi connectivity index (χ1n) is 20.2. The summed E-state index contributed by atoms with van der Waals surface area (Å²) in [4.78, 5) is 17.2. The van der Waals surface area contributed by atoms with Gasteiger partial charge in [0.05, 0.1) is 0 Å².